The van der Waals surface area contributed by atoms with E-state index in [9.17, 15) is 13.2 Å². The summed E-state index contributed by atoms with van der Waals surface area (Å²) in [4.78, 5) is 14.4. The molecule has 1 aromatic carbocycles. The van der Waals surface area contributed by atoms with Crippen LogP contribution in [-0.2, 0) is 10.0 Å². The predicted octanol–water partition coefficient (Wildman–Crippen LogP) is 1.24. The summed E-state index contributed by atoms with van der Waals surface area (Å²) in [5, 5.41) is 0. The summed E-state index contributed by atoms with van der Waals surface area (Å²) in [7, 11) is -3.27. The molecule has 1 N–H and O–H groups in total. The number of likely N-dealkylation sites (tertiary alicyclic amines) is 1. The number of carbonyl (C=O) groups excluding carboxylic acids is 1. The van der Waals surface area contributed by atoms with Crippen molar-refractivity contribution in [3.05, 3.63) is 29.8 Å². The van der Waals surface area contributed by atoms with Gasteiger partial charge in [0.25, 0.3) is 5.91 Å². The number of amides is 1. The molecule has 0 saturated carbocycles. The number of nitrogens with zero attached hydrogens (tertiary/aromatic N) is 1. The zero-order valence-electron chi connectivity index (χ0n) is 12.9. The van der Waals surface area contributed by atoms with Crippen molar-refractivity contribution in [2.75, 3.05) is 26.0 Å². The van der Waals surface area contributed by atoms with Gasteiger partial charge in [0.2, 0.25) is 10.0 Å². The third-order valence-electron chi connectivity index (χ3n) is 3.51. The highest BCUT2D eigenvalue weighted by molar-refractivity contribution is 7.88. The van der Waals surface area contributed by atoms with Crippen molar-refractivity contribution in [1.29, 1.82) is 0 Å². The molecule has 0 spiro atoms. The minimum atomic E-state index is -3.27. The molecule has 2 rings (SSSR count). The Bertz CT molecular complexity index is 630. The van der Waals surface area contributed by atoms with Gasteiger partial charge >= 0.3 is 0 Å². The van der Waals surface area contributed by atoms with E-state index < -0.39 is 10.0 Å². The molecule has 22 heavy (non-hydrogen) atoms. The summed E-state index contributed by atoms with van der Waals surface area (Å²) in [6.07, 6.45) is 2.65. The Hall–Kier alpha value is -1.60. The molecule has 1 fully saturated rings. The van der Waals surface area contributed by atoms with E-state index >= 15 is 0 Å². The van der Waals surface area contributed by atoms with Gasteiger partial charge in [-0.05, 0) is 31.9 Å². The van der Waals surface area contributed by atoms with Crippen molar-refractivity contribution in [3.63, 3.8) is 0 Å². The number of carbonyl (C=O) groups is 1. The van der Waals surface area contributed by atoms with Gasteiger partial charge in [-0.2, -0.15) is 0 Å². The molecular formula is C15H22N2O4S. The maximum absolute atomic E-state index is 12.7. The number of hydrogen-bond acceptors (Lipinski definition) is 4. The zero-order valence-corrected chi connectivity index (χ0v) is 13.7. The highest BCUT2D eigenvalue weighted by Gasteiger charge is 2.27. The number of nitrogens with one attached hydrogen (secondary N) is 1. The average Bonchev–Trinajstić information content (AvgIpc) is 2.46. The first-order valence-electron chi connectivity index (χ1n) is 7.39. The molecule has 0 radical (unpaired) electrons. The van der Waals surface area contributed by atoms with Gasteiger partial charge in [0.15, 0.2) is 0 Å². The monoisotopic (exact) mass is 326 g/mol. The zero-order chi connectivity index (χ0) is 16.2. The number of ether oxygens (including phenoxy) is 1. The molecule has 1 heterocycles. The quantitative estimate of drug-likeness (QED) is 0.883. The minimum absolute atomic E-state index is 0.121. The second kappa shape index (κ2) is 7.11. The maximum atomic E-state index is 12.7. The standard InChI is InChI=1S/C15H22N2O4S/c1-3-21-14-9-5-4-8-13(14)15(18)17-10-6-7-12(11-17)16-22(2,19)20/h4-5,8-9,12,16H,3,6-7,10-11H2,1-2H3/t12-/m1/s1. The highest BCUT2D eigenvalue weighted by Crippen LogP contribution is 2.22. The van der Waals surface area contributed by atoms with E-state index in [1.54, 1.807) is 23.1 Å². The molecule has 6 nitrogen and oxygen atoms in total. The SMILES string of the molecule is CCOc1ccccc1C(=O)N1CCC[C@@H](NS(C)(=O)=O)C1. The van der Waals surface area contributed by atoms with Gasteiger partial charge in [0.1, 0.15) is 5.75 Å². The van der Waals surface area contributed by atoms with Crippen LogP contribution in [0.4, 0.5) is 0 Å². The molecule has 1 atom stereocenters. The van der Waals surface area contributed by atoms with Gasteiger partial charge in [0.05, 0.1) is 18.4 Å². The fourth-order valence-corrected chi connectivity index (χ4v) is 3.45. The van der Waals surface area contributed by atoms with Crippen molar-refractivity contribution in [2.24, 2.45) is 0 Å². The van der Waals surface area contributed by atoms with Gasteiger partial charge < -0.3 is 9.64 Å². The molecule has 0 aliphatic carbocycles. The van der Waals surface area contributed by atoms with E-state index in [1.165, 1.54) is 0 Å². The predicted molar refractivity (Wildman–Crippen MR) is 84.5 cm³/mol. The van der Waals surface area contributed by atoms with E-state index in [0.717, 1.165) is 19.1 Å². The van der Waals surface area contributed by atoms with Crippen LogP contribution in [0.3, 0.4) is 0 Å². The summed E-state index contributed by atoms with van der Waals surface area (Å²) in [5.41, 5.74) is 0.518. The topological polar surface area (TPSA) is 75.7 Å². The summed E-state index contributed by atoms with van der Waals surface area (Å²) in [5.74, 6) is 0.442. The van der Waals surface area contributed by atoms with Crippen molar-refractivity contribution in [2.45, 2.75) is 25.8 Å². The van der Waals surface area contributed by atoms with Crippen molar-refractivity contribution in [3.8, 4) is 5.75 Å². The molecule has 122 valence electrons. The van der Waals surface area contributed by atoms with Crippen LogP contribution in [0.5, 0.6) is 5.75 Å². The largest absolute Gasteiger partial charge is 0.493 e. The molecule has 7 heteroatoms. The Labute approximate surface area is 131 Å². The molecular weight excluding hydrogens is 304 g/mol. The fraction of sp³-hybridized carbons (Fsp3) is 0.533. The molecule has 1 amide bonds. The first kappa shape index (κ1) is 16.8. The summed E-state index contributed by atoms with van der Waals surface area (Å²) < 4.78 is 30.8. The normalized spacial score (nSPS) is 19.0. The van der Waals surface area contributed by atoms with Gasteiger partial charge in [0, 0.05) is 19.1 Å². The first-order chi connectivity index (χ1) is 10.4. The van der Waals surface area contributed by atoms with Crippen LogP contribution in [0.25, 0.3) is 0 Å². The maximum Gasteiger partial charge on any atom is 0.257 e. The number of benzene rings is 1. The second-order valence-corrected chi connectivity index (χ2v) is 7.19. The molecule has 1 saturated heterocycles. The third-order valence-corrected chi connectivity index (χ3v) is 4.27. The fourth-order valence-electron chi connectivity index (χ4n) is 2.66. The Morgan fingerprint density at radius 2 is 2.14 bits per heavy atom. The lowest BCUT2D eigenvalue weighted by Gasteiger charge is -2.33. The lowest BCUT2D eigenvalue weighted by molar-refractivity contribution is 0.0699. The van der Waals surface area contributed by atoms with E-state index in [1.807, 2.05) is 13.0 Å². The molecule has 0 aromatic heterocycles. The lowest BCUT2D eigenvalue weighted by atomic mass is 10.0. The number of hydrogen-bond donors (Lipinski definition) is 1. The van der Waals surface area contributed by atoms with Gasteiger partial charge in [-0.1, -0.05) is 12.1 Å². The van der Waals surface area contributed by atoms with Crippen molar-refractivity contribution >= 4 is 15.9 Å². The Morgan fingerprint density at radius 1 is 1.41 bits per heavy atom. The van der Waals surface area contributed by atoms with E-state index in [-0.39, 0.29) is 11.9 Å². The highest BCUT2D eigenvalue weighted by atomic mass is 32.2. The number of rotatable bonds is 5. The van der Waals surface area contributed by atoms with Crippen LogP contribution in [0.15, 0.2) is 24.3 Å². The smallest absolute Gasteiger partial charge is 0.257 e. The van der Waals surface area contributed by atoms with Crippen LogP contribution < -0.4 is 9.46 Å². The Morgan fingerprint density at radius 3 is 2.82 bits per heavy atom. The number of piperidine rings is 1. The lowest BCUT2D eigenvalue weighted by Crippen LogP contribution is -2.49. The summed E-state index contributed by atoms with van der Waals surface area (Å²) >= 11 is 0. The minimum Gasteiger partial charge on any atom is -0.493 e. The van der Waals surface area contributed by atoms with Crippen LogP contribution in [0.1, 0.15) is 30.1 Å². The summed E-state index contributed by atoms with van der Waals surface area (Å²) in [6.45, 7) is 3.37. The van der Waals surface area contributed by atoms with Gasteiger partial charge in [-0.3, -0.25) is 4.79 Å². The van der Waals surface area contributed by atoms with Crippen LogP contribution in [0.2, 0.25) is 0 Å². The van der Waals surface area contributed by atoms with Crippen molar-refractivity contribution < 1.29 is 17.9 Å². The first-order valence-corrected chi connectivity index (χ1v) is 9.28. The van der Waals surface area contributed by atoms with E-state index in [0.29, 0.717) is 31.0 Å². The van der Waals surface area contributed by atoms with Gasteiger partial charge in [-0.15, -0.1) is 0 Å². The molecule has 1 aromatic rings. The van der Waals surface area contributed by atoms with Crippen LogP contribution in [-0.4, -0.2) is 51.2 Å². The van der Waals surface area contributed by atoms with Gasteiger partial charge in [-0.25, -0.2) is 13.1 Å². The van der Waals surface area contributed by atoms with Crippen LogP contribution >= 0.6 is 0 Å². The number of sulfonamides is 1. The Kier molecular flexibility index (Phi) is 5.42. The van der Waals surface area contributed by atoms with Crippen molar-refractivity contribution in [1.82, 2.24) is 9.62 Å². The Balaban J connectivity index is 2.12. The molecule has 0 bridgehead atoms. The van der Waals surface area contributed by atoms with Crippen LogP contribution in [0, 0.1) is 0 Å². The van der Waals surface area contributed by atoms with E-state index in [2.05, 4.69) is 4.72 Å². The van der Waals surface area contributed by atoms with E-state index in [4.69, 9.17) is 4.74 Å². The molecule has 1 aliphatic heterocycles. The number of para-hydroxylation sites is 1. The summed E-state index contributed by atoms with van der Waals surface area (Å²) in [6, 6.07) is 6.90. The molecule has 1 aliphatic rings. The average molecular weight is 326 g/mol. The second-order valence-electron chi connectivity index (χ2n) is 5.41. The third kappa shape index (κ3) is 4.45. The molecule has 0 unspecified atom stereocenters.